The normalized spacial score (nSPS) is 10.7. The van der Waals surface area contributed by atoms with Gasteiger partial charge in [-0.15, -0.1) is 0 Å². The third kappa shape index (κ3) is 2.49. The predicted octanol–water partition coefficient (Wildman–Crippen LogP) is 2.19. The Hall–Kier alpha value is -2.56. The second kappa shape index (κ2) is 4.97. The van der Waals surface area contributed by atoms with E-state index in [1.807, 2.05) is 6.07 Å². The number of anilines is 2. The average Bonchev–Trinajstić information content (AvgIpc) is 2.85. The van der Waals surface area contributed by atoms with E-state index in [1.165, 1.54) is 16.5 Å². The quantitative estimate of drug-likeness (QED) is 0.666. The minimum atomic E-state index is 0.571. The topological polar surface area (TPSA) is 79.6 Å². The smallest absolute Gasteiger partial charge is 0.222 e. The van der Waals surface area contributed by atoms with Crippen molar-refractivity contribution in [1.29, 1.82) is 0 Å². The molecule has 5 nitrogen and oxygen atoms in total. The SMILES string of the molecule is Nc1cnc(NCCc2c[nH]c3ccccc23)nc1. The van der Waals surface area contributed by atoms with Crippen LogP contribution in [0.4, 0.5) is 11.6 Å². The maximum Gasteiger partial charge on any atom is 0.222 e. The van der Waals surface area contributed by atoms with E-state index in [0.29, 0.717) is 11.6 Å². The van der Waals surface area contributed by atoms with Gasteiger partial charge < -0.3 is 16.0 Å². The van der Waals surface area contributed by atoms with Gasteiger partial charge in [0.05, 0.1) is 18.1 Å². The highest BCUT2D eigenvalue weighted by Gasteiger charge is 2.02. The van der Waals surface area contributed by atoms with Crippen LogP contribution in [-0.4, -0.2) is 21.5 Å². The summed E-state index contributed by atoms with van der Waals surface area (Å²) in [5.41, 5.74) is 8.57. The van der Waals surface area contributed by atoms with Crippen LogP contribution in [0.15, 0.2) is 42.9 Å². The summed E-state index contributed by atoms with van der Waals surface area (Å²) in [5.74, 6) is 0.606. The van der Waals surface area contributed by atoms with Crippen molar-refractivity contribution in [1.82, 2.24) is 15.0 Å². The lowest BCUT2D eigenvalue weighted by atomic mass is 10.1. The van der Waals surface area contributed by atoms with E-state index < -0.39 is 0 Å². The summed E-state index contributed by atoms with van der Waals surface area (Å²) < 4.78 is 0. The molecule has 3 rings (SSSR count). The molecule has 3 aromatic rings. The monoisotopic (exact) mass is 253 g/mol. The highest BCUT2D eigenvalue weighted by molar-refractivity contribution is 5.83. The van der Waals surface area contributed by atoms with E-state index in [1.54, 1.807) is 12.4 Å². The molecule has 0 aliphatic heterocycles. The molecule has 0 fully saturated rings. The van der Waals surface area contributed by atoms with Crippen molar-refractivity contribution in [3.63, 3.8) is 0 Å². The van der Waals surface area contributed by atoms with Crippen LogP contribution in [0, 0.1) is 0 Å². The van der Waals surface area contributed by atoms with Crippen LogP contribution >= 0.6 is 0 Å². The van der Waals surface area contributed by atoms with Crippen molar-refractivity contribution in [3.8, 4) is 0 Å². The van der Waals surface area contributed by atoms with Crippen molar-refractivity contribution >= 4 is 22.5 Å². The van der Waals surface area contributed by atoms with Crippen molar-refractivity contribution in [2.75, 3.05) is 17.6 Å². The van der Waals surface area contributed by atoms with Crippen molar-refractivity contribution in [2.24, 2.45) is 0 Å². The van der Waals surface area contributed by atoms with Crippen LogP contribution in [0.2, 0.25) is 0 Å². The standard InChI is InChI=1S/C14H15N5/c15-11-8-18-14(19-9-11)16-6-5-10-7-17-13-4-2-1-3-12(10)13/h1-4,7-9,17H,5-6,15H2,(H,16,18,19). The van der Waals surface area contributed by atoms with Gasteiger partial charge in [0.1, 0.15) is 0 Å². The molecule has 0 aliphatic rings. The van der Waals surface area contributed by atoms with Gasteiger partial charge in [0.25, 0.3) is 0 Å². The number of fused-ring (bicyclic) bond motifs is 1. The number of hydrogen-bond acceptors (Lipinski definition) is 4. The van der Waals surface area contributed by atoms with Crippen LogP contribution in [0.3, 0.4) is 0 Å². The molecule has 0 amide bonds. The molecule has 0 bridgehead atoms. The molecule has 0 unspecified atom stereocenters. The van der Waals surface area contributed by atoms with Gasteiger partial charge in [-0.1, -0.05) is 18.2 Å². The molecule has 2 heterocycles. The molecular weight excluding hydrogens is 238 g/mol. The second-order valence-corrected chi connectivity index (χ2v) is 4.38. The number of aromatic amines is 1. The number of nitrogens with one attached hydrogen (secondary N) is 2. The first-order chi connectivity index (χ1) is 9.33. The van der Waals surface area contributed by atoms with E-state index in [-0.39, 0.29) is 0 Å². The Morgan fingerprint density at radius 3 is 2.79 bits per heavy atom. The largest absolute Gasteiger partial charge is 0.396 e. The van der Waals surface area contributed by atoms with Crippen molar-refractivity contribution in [3.05, 3.63) is 48.4 Å². The van der Waals surface area contributed by atoms with Gasteiger partial charge in [-0.25, -0.2) is 9.97 Å². The maximum absolute atomic E-state index is 5.54. The summed E-state index contributed by atoms with van der Waals surface area (Å²) in [6, 6.07) is 8.29. The van der Waals surface area contributed by atoms with E-state index in [0.717, 1.165) is 13.0 Å². The van der Waals surface area contributed by atoms with E-state index in [9.17, 15) is 0 Å². The first-order valence-electron chi connectivity index (χ1n) is 6.19. The summed E-state index contributed by atoms with van der Waals surface area (Å²) >= 11 is 0. The number of rotatable bonds is 4. The summed E-state index contributed by atoms with van der Waals surface area (Å²) in [7, 11) is 0. The van der Waals surface area contributed by atoms with Crippen molar-refractivity contribution < 1.29 is 0 Å². The number of nitrogen functional groups attached to an aromatic ring is 1. The maximum atomic E-state index is 5.54. The van der Waals surface area contributed by atoms with Gasteiger partial charge in [-0.05, 0) is 18.1 Å². The summed E-state index contributed by atoms with van der Waals surface area (Å²) in [6.45, 7) is 0.783. The van der Waals surface area contributed by atoms with E-state index in [2.05, 4.69) is 44.7 Å². The Balaban J connectivity index is 1.65. The number of para-hydroxylation sites is 1. The fraction of sp³-hybridized carbons (Fsp3) is 0.143. The Bertz CT molecular complexity index is 672. The van der Waals surface area contributed by atoms with Gasteiger partial charge in [-0.3, -0.25) is 0 Å². The van der Waals surface area contributed by atoms with Gasteiger partial charge in [0, 0.05) is 23.6 Å². The molecule has 0 saturated carbocycles. The first kappa shape index (κ1) is 11.5. The van der Waals surface area contributed by atoms with Crippen LogP contribution in [0.25, 0.3) is 10.9 Å². The molecule has 4 N–H and O–H groups in total. The summed E-state index contributed by atoms with van der Waals surface area (Å²) in [4.78, 5) is 11.5. The second-order valence-electron chi connectivity index (χ2n) is 4.38. The Morgan fingerprint density at radius 1 is 1.16 bits per heavy atom. The van der Waals surface area contributed by atoms with Crippen LogP contribution in [0.1, 0.15) is 5.56 Å². The minimum Gasteiger partial charge on any atom is -0.396 e. The average molecular weight is 253 g/mol. The molecule has 2 aromatic heterocycles. The lowest BCUT2D eigenvalue weighted by Crippen LogP contribution is -2.07. The zero-order valence-electron chi connectivity index (χ0n) is 10.4. The Labute approximate surface area is 110 Å². The van der Waals surface area contributed by atoms with Gasteiger partial charge in [0.2, 0.25) is 5.95 Å². The summed E-state index contributed by atoms with van der Waals surface area (Å²) in [6.07, 6.45) is 6.16. The zero-order valence-corrected chi connectivity index (χ0v) is 10.4. The predicted molar refractivity (Wildman–Crippen MR) is 76.9 cm³/mol. The number of aromatic nitrogens is 3. The number of hydrogen-bond donors (Lipinski definition) is 3. The Kier molecular flexibility index (Phi) is 3.02. The third-order valence-corrected chi connectivity index (χ3v) is 3.02. The summed E-state index contributed by atoms with van der Waals surface area (Å²) in [5, 5.41) is 4.45. The Morgan fingerprint density at radius 2 is 1.95 bits per heavy atom. The minimum absolute atomic E-state index is 0.571. The number of nitrogens with two attached hydrogens (primary N) is 1. The molecule has 5 heteroatoms. The highest BCUT2D eigenvalue weighted by atomic mass is 15.1. The first-order valence-corrected chi connectivity index (χ1v) is 6.19. The molecule has 0 radical (unpaired) electrons. The zero-order chi connectivity index (χ0) is 13.1. The van der Waals surface area contributed by atoms with E-state index >= 15 is 0 Å². The molecule has 0 saturated heterocycles. The van der Waals surface area contributed by atoms with Crippen LogP contribution in [0.5, 0.6) is 0 Å². The van der Waals surface area contributed by atoms with Gasteiger partial charge >= 0.3 is 0 Å². The number of nitrogens with zero attached hydrogens (tertiary/aromatic N) is 2. The molecule has 19 heavy (non-hydrogen) atoms. The van der Waals surface area contributed by atoms with Crippen LogP contribution in [-0.2, 0) is 6.42 Å². The van der Waals surface area contributed by atoms with Crippen LogP contribution < -0.4 is 11.1 Å². The number of H-pyrrole nitrogens is 1. The molecule has 0 aliphatic carbocycles. The highest BCUT2D eigenvalue weighted by Crippen LogP contribution is 2.17. The van der Waals surface area contributed by atoms with E-state index in [4.69, 9.17) is 5.73 Å². The lowest BCUT2D eigenvalue weighted by Gasteiger charge is -2.04. The molecule has 0 spiro atoms. The van der Waals surface area contributed by atoms with Gasteiger partial charge in [0.15, 0.2) is 0 Å². The lowest BCUT2D eigenvalue weighted by molar-refractivity contribution is 0.991. The molecule has 96 valence electrons. The number of benzene rings is 1. The fourth-order valence-electron chi connectivity index (χ4n) is 2.08. The molecule has 0 atom stereocenters. The van der Waals surface area contributed by atoms with Gasteiger partial charge in [-0.2, -0.15) is 0 Å². The molecular formula is C14H15N5. The fourth-order valence-corrected chi connectivity index (χ4v) is 2.08. The third-order valence-electron chi connectivity index (χ3n) is 3.02. The van der Waals surface area contributed by atoms with Crippen molar-refractivity contribution in [2.45, 2.75) is 6.42 Å². The molecule has 1 aromatic carbocycles.